The molecule has 33 heavy (non-hydrogen) atoms. The molecule has 3 aromatic rings. The van der Waals surface area contributed by atoms with Crippen molar-refractivity contribution >= 4 is 17.6 Å². The second-order valence-corrected chi connectivity index (χ2v) is 8.36. The van der Waals surface area contributed by atoms with E-state index in [1.165, 1.54) is 5.56 Å². The highest BCUT2D eigenvalue weighted by Gasteiger charge is 2.41. The summed E-state index contributed by atoms with van der Waals surface area (Å²) < 4.78 is 7.07. The second kappa shape index (κ2) is 9.10. The molecule has 7 nitrogen and oxygen atoms in total. The van der Waals surface area contributed by atoms with Crippen molar-refractivity contribution in [3.63, 3.8) is 0 Å². The number of hydrogen-bond acceptors (Lipinski definition) is 4. The van der Waals surface area contributed by atoms with Gasteiger partial charge in [-0.1, -0.05) is 38.1 Å². The molecule has 2 heterocycles. The van der Waals surface area contributed by atoms with Crippen LogP contribution in [0.1, 0.15) is 58.1 Å². The third kappa shape index (κ3) is 4.11. The van der Waals surface area contributed by atoms with E-state index in [9.17, 15) is 9.59 Å². The summed E-state index contributed by atoms with van der Waals surface area (Å²) in [5.74, 6) is 0.515. The minimum Gasteiger partial charge on any atom is -0.496 e. The van der Waals surface area contributed by atoms with E-state index in [2.05, 4.69) is 34.8 Å². The largest absolute Gasteiger partial charge is 0.496 e. The van der Waals surface area contributed by atoms with Crippen molar-refractivity contribution in [3.05, 3.63) is 76.0 Å². The van der Waals surface area contributed by atoms with Crippen LogP contribution >= 0.6 is 0 Å². The van der Waals surface area contributed by atoms with E-state index in [1.807, 2.05) is 39.1 Å². The molecule has 7 heteroatoms. The highest BCUT2D eigenvalue weighted by atomic mass is 16.5. The van der Waals surface area contributed by atoms with E-state index in [-0.39, 0.29) is 17.7 Å². The molecule has 0 saturated heterocycles. The lowest BCUT2D eigenvalue weighted by atomic mass is 9.81. The van der Waals surface area contributed by atoms with Gasteiger partial charge in [-0.15, -0.1) is 0 Å². The molecule has 2 amide bonds. The van der Waals surface area contributed by atoms with Crippen molar-refractivity contribution in [3.8, 4) is 5.75 Å². The van der Waals surface area contributed by atoms with E-state index in [4.69, 9.17) is 4.74 Å². The molecule has 4 rings (SSSR count). The van der Waals surface area contributed by atoms with Gasteiger partial charge in [-0.05, 0) is 54.7 Å². The van der Waals surface area contributed by atoms with Gasteiger partial charge in [0.25, 0.3) is 5.91 Å². The van der Waals surface area contributed by atoms with Gasteiger partial charge >= 0.3 is 0 Å². The Balaban J connectivity index is 1.74. The number of nitrogens with zero attached hydrogens (tertiary/aromatic N) is 2. The van der Waals surface area contributed by atoms with Crippen LogP contribution < -0.4 is 15.4 Å². The summed E-state index contributed by atoms with van der Waals surface area (Å²) in [4.78, 5) is 26.5. The summed E-state index contributed by atoms with van der Waals surface area (Å²) in [6.07, 6.45) is 1.67. The normalized spacial score (nSPS) is 17.3. The summed E-state index contributed by atoms with van der Waals surface area (Å²) in [7, 11) is 3.43. The Hall–Kier alpha value is -3.61. The average Bonchev–Trinajstić information content (AvgIpc) is 3.11. The Bertz CT molecular complexity index is 1200. The van der Waals surface area contributed by atoms with Crippen LogP contribution in [0.15, 0.2) is 42.5 Å². The van der Waals surface area contributed by atoms with Gasteiger partial charge in [0, 0.05) is 24.1 Å². The smallest absolute Gasteiger partial charge is 0.251 e. The molecule has 2 N–H and O–H groups in total. The number of rotatable bonds is 6. The maximum Gasteiger partial charge on any atom is 0.251 e. The molecular weight excluding hydrogens is 416 g/mol. The van der Waals surface area contributed by atoms with Gasteiger partial charge in [-0.25, -0.2) is 0 Å². The Morgan fingerprint density at radius 2 is 1.88 bits per heavy atom. The molecule has 2 aromatic carbocycles. The van der Waals surface area contributed by atoms with Crippen LogP contribution in [0, 0.1) is 6.92 Å². The van der Waals surface area contributed by atoms with E-state index in [1.54, 1.807) is 23.9 Å². The molecule has 1 aliphatic heterocycles. The number of fused-ring (bicyclic) bond motifs is 1. The number of carbonyl (C=O) groups excluding carboxylic acids is 2. The van der Waals surface area contributed by atoms with Gasteiger partial charge in [-0.3, -0.25) is 14.3 Å². The van der Waals surface area contributed by atoms with Crippen molar-refractivity contribution in [1.82, 2.24) is 15.1 Å². The molecule has 1 aromatic heterocycles. The van der Waals surface area contributed by atoms with Crippen LogP contribution in [0.25, 0.3) is 0 Å². The molecule has 0 spiro atoms. The number of carbonyl (C=O) groups is 2. The zero-order valence-corrected chi connectivity index (χ0v) is 19.7. The predicted octanol–water partition coefficient (Wildman–Crippen LogP) is 3.74. The van der Waals surface area contributed by atoms with Crippen LogP contribution in [0.3, 0.4) is 0 Å². The summed E-state index contributed by atoms with van der Waals surface area (Å²) in [5, 5.41) is 10.5. The zero-order valence-electron chi connectivity index (χ0n) is 19.7. The lowest BCUT2D eigenvalue weighted by molar-refractivity contribution is -0.118. The molecular formula is C26H30N4O3. The number of aromatic nitrogens is 2. The van der Waals surface area contributed by atoms with Crippen molar-refractivity contribution in [2.24, 2.45) is 7.05 Å². The van der Waals surface area contributed by atoms with Gasteiger partial charge in [0.1, 0.15) is 17.6 Å². The fourth-order valence-corrected chi connectivity index (χ4v) is 4.60. The topological polar surface area (TPSA) is 85.3 Å². The van der Waals surface area contributed by atoms with E-state index in [0.717, 1.165) is 41.0 Å². The molecule has 0 saturated carbocycles. The maximum atomic E-state index is 13.3. The van der Waals surface area contributed by atoms with Crippen LogP contribution in [0.4, 0.5) is 5.82 Å². The molecule has 0 bridgehead atoms. The Morgan fingerprint density at radius 3 is 2.52 bits per heavy atom. The third-order valence-corrected chi connectivity index (χ3v) is 6.39. The summed E-state index contributed by atoms with van der Waals surface area (Å²) in [6, 6.07) is 12.8. The summed E-state index contributed by atoms with van der Waals surface area (Å²) >= 11 is 0. The van der Waals surface area contributed by atoms with E-state index in [0.29, 0.717) is 11.4 Å². The van der Waals surface area contributed by atoms with Gasteiger partial charge in [0.15, 0.2) is 0 Å². The Morgan fingerprint density at radius 1 is 1.15 bits per heavy atom. The average molecular weight is 447 g/mol. The number of aryl methyl sites for hydroxylation is 4. The monoisotopic (exact) mass is 446 g/mol. The number of ether oxygens (including phenoxy) is 1. The fourth-order valence-electron chi connectivity index (χ4n) is 4.60. The first kappa shape index (κ1) is 22.6. The molecule has 2 atom stereocenters. The molecule has 1 aliphatic rings. The Kier molecular flexibility index (Phi) is 6.22. The van der Waals surface area contributed by atoms with Crippen molar-refractivity contribution in [2.75, 3.05) is 12.4 Å². The van der Waals surface area contributed by atoms with E-state index < -0.39 is 6.04 Å². The van der Waals surface area contributed by atoms with Gasteiger partial charge in [0.2, 0.25) is 5.91 Å². The van der Waals surface area contributed by atoms with Gasteiger partial charge in [-0.2, -0.15) is 5.10 Å². The van der Waals surface area contributed by atoms with Crippen molar-refractivity contribution < 1.29 is 14.3 Å². The first-order valence-electron chi connectivity index (χ1n) is 11.3. The zero-order chi connectivity index (χ0) is 23.7. The predicted molar refractivity (Wildman–Crippen MR) is 128 cm³/mol. The number of methoxy groups -OCH3 is 1. The summed E-state index contributed by atoms with van der Waals surface area (Å²) in [5.41, 5.74) is 5.37. The fraction of sp³-hybridized carbons (Fsp3) is 0.346. The minimum absolute atomic E-state index is 0.257. The third-order valence-electron chi connectivity index (χ3n) is 6.39. The number of amides is 2. The maximum absolute atomic E-state index is 13.3. The highest BCUT2D eigenvalue weighted by Crippen LogP contribution is 2.39. The van der Waals surface area contributed by atoms with Crippen molar-refractivity contribution in [1.29, 1.82) is 0 Å². The van der Waals surface area contributed by atoms with Crippen LogP contribution in [0.5, 0.6) is 5.75 Å². The van der Waals surface area contributed by atoms with E-state index >= 15 is 0 Å². The number of anilines is 1. The molecule has 0 unspecified atom stereocenters. The van der Waals surface area contributed by atoms with Crippen LogP contribution in [0.2, 0.25) is 0 Å². The van der Waals surface area contributed by atoms with Gasteiger partial charge < -0.3 is 15.4 Å². The number of benzene rings is 2. The van der Waals surface area contributed by atoms with Crippen LogP contribution in [-0.4, -0.2) is 34.7 Å². The lowest BCUT2D eigenvalue weighted by Crippen LogP contribution is -2.50. The summed E-state index contributed by atoms with van der Waals surface area (Å²) in [6.45, 7) is 6.05. The van der Waals surface area contributed by atoms with Gasteiger partial charge in [0.05, 0.1) is 12.8 Å². The number of hydrogen-bond donors (Lipinski definition) is 2. The quantitative estimate of drug-likeness (QED) is 0.604. The Labute approximate surface area is 194 Å². The molecule has 0 fully saturated rings. The lowest BCUT2D eigenvalue weighted by Gasteiger charge is -2.32. The van der Waals surface area contributed by atoms with Crippen LogP contribution in [-0.2, 0) is 24.7 Å². The molecule has 0 radical (unpaired) electrons. The minimum atomic E-state index is -0.771. The molecule has 0 aliphatic carbocycles. The standard InChI is InChI=1S/C26H30N4O3/c1-6-16-8-10-18(11-9-16)22-21-15(3)29-30(4)24(21)28-26(32)23(22)27-25(31)19-12-13-20(33-5)17(7-2)14-19/h8-14,22-23H,6-7H2,1-5H3,(H,27,31)(H,28,32)/t22-,23-/m1/s1. The second-order valence-electron chi connectivity index (χ2n) is 8.36. The molecule has 172 valence electrons. The van der Waals surface area contributed by atoms with Crippen molar-refractivity contribution in [2.45, 2.75) is 45.6 Å². The first-order chi connectivity index (χ1) is 15.9. The SMILES string of the molecule is CCc1ccc([C@@H]2c3c(C)nn(C)c3NC(=O)[C@@H]2NC(=O)c2ccc(OC)c(CC)c2)cc1. The highest BCUT2D eigenvalue weighted by molar-refractivity contribution is 6.04. The first-order valence-corrected chi connectivity index (χ1v) is 11.3. The number of nitrogens with one attached hydrogen (secondary N) is 2.